The largest absolute Gasteiger partial charge is 0.307 e. The first-order chi connectivity index (χ1) is 7.25. The molecule has 5 heteroatoms. The van der Waals surface area contributed by atoms with Crippen LogP contribution in [0.5, 0.6) is 0 Å². The van der Waals surface area contributed by atoms with Crippen molar-refractivity contribution in [2.75, 3.05) is 0 Å². The van der Waals surface area contributed by atoms with Crippen molar-refractivity contribution in [2.45, 2.75) is 20.0 Å². The fourth-order valence-corrected chi connectivity index (χ4v) is 3.03. The Kier molecular flexibility index (Phi) is 3.75. The molecular formula is C10H11ClN2S2. The molecule has 2 aromatic heterocycles. The van der Waals surface area contributed by atoms with Crippen molar-refractivity contribution in [3.8, 4) is 0 Å². The van der Waals surface area contributed by atoms with Crippen molar-refractivity contribution >= 4 is 34.3 Å². The van der Waals surface area contributed by atoms with E-state index in [1.807, 2.05) is 23.9 Å². The van der Waals surface area contributed by atoms with Gasteiger partial charge in [0.2, 0.25) is 0 Å². The van der Waals surface area contributed by atoms with Crippen LogP contribution in [0, 0.1) is 6.92 Å². The van der Waals surface area contributed by atoms with Crippen LogP contribution in [0.2, 0.25) is 5.02 Å². The summed E-state index contributed by atoms with van der Waals surface area (Å²) in [5.74, 6) is 0. The third-order valence-corrected chi connectivity index (χ3v) is 4.27. The molecule has 0 fully saturated rings. The van der Waals surface area contributed by atoms with E-state index in [1.54, 1.807) is 22.7 Å². The Balaban J connectivity index is 1.83. The summed E-state index contributed by atoms with van der Waals surface area (Å²) in [5.41, 5.74) is 3.01. The van der Waals surface area contributed by atoms with E-state index in [9.17, 15) is 0 Å². The lowest BCUT2D eigenvalue weighted by molar-refractivity contribution is 0.705. The van der Waals surface area contributed by atoms with Crippen molar-refractivity contribution in [3.63, 3.8) is 0 Å². The summed E-state index contributed by atoms with van der Waals surface area (Å²) in [4.78, 5) is 6.78. The summed E-state index contributed by atoms with van der Waals surface area (Å²) >= 11 is 9.22. The molecule has 0 saturated carbocycles. The minimum atomic E-state index is 0.825. The zero-order valence-electron chi connectivity index (χ0n) is 8.29. The summed E-state index contributed by atoms with van der Waals surface area (Å²) in [7, 11) is 0. The lowest BCUT2D eigenvalue weighted by Crippen LogP contribution is -2.11. The van der Waals surface area contributed by atoms with E-state index in [4.69, 9.17) is 11.6 Å². The van der Waals surface area contributed by atoms with Gasteiger partial charge >= 0.3 is 0 Å². The fourth-order valence-electron chi connectivity index (χ4n) is 1.24. The molecule has 0 aliphatic heterocycles. The van der Waals surface area contributed by atoms with Gasteiger partial charge in [-0.15, -0.1) is 22.7 Å². The van der Waals surface area contributed by atoms with Crippen LogP contribution in [-0.4, -0.2) is 4.98 Å². The average Bonchev–Trinajstić information content (AvgIpc) is 2.77. The summed E-state index contributed by atoms with van der Waals surface area (Å²) in [6.45, 7) is 3.79. The molecule has 80 valence electrons. The number of thiophene rings is 1. The van der Waals surface area contributed by atoms with Gasteiger partial charge in [0.1, 0.15) is 0 Å². The zero-order valence-corrected chi connectivity index (χ0v) is 10.7. The smallest absolute Gasteiger partial charge is 0.0798 e. The molecule has 0 bridgehead atoms. The normalized spacial score (nSPS) is 10.8. The van der Waals surface area contributed by atoms with E-state index in [0.717, 1.165) is 23.8 Å². The minimum Gasteiger partial charge on any atom is -0.307 e. The third kappa shape index (κ3) is 3.01. The van der Waals surface area contributed by atoms with Crippen molar-refractivity contribution in [1.29, 1.82) is 0 Å². The van der Waals surface area contributed by atoms with Crippen LogP contribution in [0.1, 0.15) is 15.4 Å². The number of rotatable bonds is 4. The first-order valence-electron chi connectivity index (χ1n) is 4.58. The Morgan fingerprint density at radius 2 is 2.27 bits per heavy atom. The summed E-state index contributed by atoms with van der Waals surface area (Å²) in [6.07, 6.45) is 0. The first kappa shape index (κ1) is 11.1. The van der Waals surface area contributed by atoms with Gasteiger partial charge < -0.3 is 5.32 Å². The zero-order chi connectivity index (χ0) is 10.7. The van der Waals surface area contributed by atoms with Crippen LogP contribution >= 0.6 is 34.3 Å². The third-order valence-electron chi connectivity index (χ3n) is 2.05. The molecule has 0 amide bonds. The molecule has 2 rings (SSSR count). The van der Waals surface area contributed by atoms with E-state index in [2.05, 4.69) is 10.3 Å². The molecule has 2 heterocycles. The summed E-state index contributed by atoms with van der Waals surface area (Å²) in [6, 6.07) is 2.00. The summed E-state index contributed by atoms with van der Waals surface area (Å²) < 4.78 is 0. The van der Waals surface area contributed by atoms with Crippen molar-refractivity contribution < 1.29 is 0 Å². The number of hydrogen-bond donors (Lipinski definition) is 1. The van der Waals surface area contributed by atoms with E-state index < -0.39 is 0 Å². The highest BCUT2D eigenvalue weighted by Crippen LogP contribution is 2.19. The predicted molar refractivity (Wildman–Crippen MR) is 66.7 cm³/mol. The second-order valence-corrected chi connectivity index (χ2v) is 5.57. The van der Waals surface area contributed by atoms with Gasteiger partial charge in [0, 0.05) is 28.2 Å². The number of halogens is 1. The molecule has 0 aliphatic carbocycles. The Morgan fingerprint density at radius 3 is 2.87 bits per heavy atom. The highest BCUT2D eigenvalue weighted by atomic mass is 35.5. The SMILES string of the molecule is Cc1ncsc1CNCc1cc(Cl)cs1. The predicted octanol–water partition coefficient (Wildman–Crippen LogP) is 3.46. The molecule has 0 saturated heterocycles. The highest BCUT2D eigenvalue weighted by molar-refractivity contribution is 7.10. The molecule has 0 aromatic carbocycles. The molecule has 0 radical (unpaired) electrons. The maximum absolute atomic E-state index is 5.84. The van der Waals surface area contributed by atoms with Gasteiger partial charge in [-0.25, -0.2) is 4.98 Å². The molecule has 1 N–H and O–H groups in total. The van der Waals surface area contributed by atoms with Gasteiger partial charge in [0.05, 0.1) is 16.2 Å². The van der Waals surface area contributed by atoms with Gasteiger partial charge in [-0.3, -0.25) is 0 Å². The van der Waals surface area contributed by atoms with Gasteiger partial charge in [0.15, 0.2) is 0 Å². The quantitative estimate of drug-likeness (QED) is 0.909. The number of nitrogens with one attached hydrogen (secondary N) is 1. The topological polar surface area (TPSA) is 24.9 Å². The van der Waals surface area contributed by atoms with Crippen molar-refractivity contribution in [2.24, 2.45) is 0 Å². The number of thiazole rings is 1. The number of aryl methyl sites for hydroxylation is 1. The Hall–Kier alpha value is -0.420. The van der Waals surface area contributed by atoms with Crippen LogP contribution < -0.4 is 5.32 Å². The van der Waals surface area contributed by atoms with Gasteiger partial charge in [-0.1, -0.05) is 11.6 Å². The Bertz CT molecular complexity index is 436. The number of aromatic nitrogens is 1. The van der Waals surface area contributed by atoms with Crippen molar-refractivity contribution in [3.05, 3.63) is 37.4 Å². The molecule has 0 unspecified atom stereocenters. The monoisotopic (exact) mass is 258 g/mol. The summed E-state index contributed by atoms with van der Waals surface area (Å²) in [5, 5.41) is 6.16. The average molecular weight is 259 g/mol. The van der Waals surface area contributed by atoms with Crippen LogP contribution in [-0.2, 0) is 13.1 Å². The molecule has 0 atom stereocenters. The highest BCUT2D eigenvalue weighted by Gasteiger charge is 2.01. The standard InChI is InChI=1S/C10H11ClN2S2/c1-7-10(15-6-13-7)4-12-3-9-2-8(11)5-14-9/h2,5-6,12H,3-4H2,1H3. The van der Waals surface area contributed by atoms with E-state index in [1.165, 1.54) is 9.75 Å². The van der Waals surface area contributed by atoms with Crippen molar-refractivity contribution in [1.82, 2.24) is 10.3 Å². The molecule has 0 aliphatic rings. The van der Waals surface area contributed by atoms with Crippen LogP contribution in [0.4, 0.5) is 0 Å². The minimum absolute atomic E-state index is 0.825. The van der Waals surface area contributed by atoms with Gasteiger partial charge in [-0.05, 0) is 13.0 Å². The van der Waals surface area contributed by atoms with Gasteiger partial charge in [-0.2, -0.15) is 0 Å². The maximum Gasteiger partial charge on any atom is 0.0798 e. The molecule has 2 nitrogen and oxygen atoms in total. The molecule has 2 aromatic rings. The van der Waals surface area contributed by atoms with Crippen LogP contribution in [0.25, 0.3) is 0 Å². The number of nitrogens with zero attached hydrogens (tertiary/aromatic N) is 1. The molecule has 0 spiro atoms. The van der Waals surface area contributed by atoms with Crippen LogP contribution in [0.3, 0.4) is 0 Å². The van der Waals surface area contributed by atoms with E-state index in [-0.39, 0.29) is 0 Å². The maximum atomic E-state index is 5.84. The molecule has 15 heavy (non-hydrogen) atoms. The van der Waals surface area contributed by atoms with Crippen LogP contribution in [0.15, 0.2) is 17.0 Å². The number of hydrogen-bond acceptors (Lipinski definition) is 4. The second-order valence-electron chi connectivity index (χ2n) is 3.20. The van der Waals surface area contributed by atoms with Gasteiger partial charge in [0.25, 0.3) is 0 Å². The van der Waals surface area contributed by atoms with E-state index in [0.29, 0.717) is 0 Å². The van der Waals surface area contributed by atoms with E-state index >= 15 is 0 Å². The lowest BCUT2D eigenvalue weighted by Gasteiger charge is -2.00. The first-order valence-corrected chi connectivity index (χ1v) is 6.72. The second kappa shape index (κ2) is 5.07. The Labute approximate surface area is 102 Å². The molecular weight excluding hydrogens is 248 g/mol. The lowest BCUT2D eigenvalue weighted by atomic mass is 10.4. The Morgan fingerprint density at radius 1 is 1.40 bits per heavy atom. The fraction of sp³-hybridized carbons (Fsp3) is 0.300.